The Bertz CT molecular complexity index is 530. The van der Waals surface area contributed by atoms with Crippen molar-refractivity contribution in [2.24, 2.45) is 5.73 Å². The molecule has 4 nitrogen and oxygen atoms in total. The van der Waals surface area contributed by atoms with E-state index in [2.05, 4.69) is 33.0 Å². The van der Waals surface area contributed by atoms with Crippen LogP contribution in [0.15, 0.2) is 28.7 Å². The van der Waals surface area contributed by atoms with Crippen molar-refractivity contribution in [1.82, 2.24) is 9.80 Å². The Balaban J connectivity index is 2.41. The lowest BCUT2D eigenvalue weighted by Crippen LogP contribution is -2.64. The Morgan fingerprint density at radius 1 is 1.33 bits per heavy atom. The number of amides is 1. The summed E-state index contributed by atoms with van der Waals surface area (Å²) in [4.78, 5) is 16.6. The van der Waals surface area contributed by atoms with Gasteiger partial charge in [0.1, 0.15) is 0 Å². The van der Waals surface area contributed by atoms with Crippen molar-refractivity contribution in [3.63, 3.8) is 0 Å². The number of nitrogens with zero attached hydrogens (tertiary/aromatic N) is 2. The Morgan fingerprint density at radius 2 is 2.00 bits per heavy atom. The highest BCUT2D eigenvalue weighted by Gasteiger charge is 2.44. The normalized spacial score (nSPS) is 22.2. The summed E-state index contributed by atoms with van der Waals surface area (Å²) in [6.07, 6.45) is 0. The molecule has 1 aliphatic heterocycles. The maximum absolute atomic E-state index is 12.5. The first-order valence-corrected chi connectivity index (χ1v) is 8.08. The highest BCUT2D eigenvalue weighted by molar-refractivity contribution is 9.10. The van der Waals surface area contributed by atoms with Crippen LogP contribution in [0.2, 0.25) is 0 Å². The number of benzene rings is 1. The summed E-state index contributed by atoms with van der Waals surface area (Å²) in [6.45, 7) is 7.54. The van der Waals surface area contributed by atoms with Crippen LogP contribution in [0.25, 0.3) is 0 Å². The van der Waals surface area contributed by atoms with E-state index in [-0.39, 0.29) is 18.0 Å². The van der Waals surface area contributed by atoms with Crippen molar-refractivity contribution >= 4 is 21.8 Å². The Morgan fingerprint density at radius 3 is 2.57 bits per heavy atom. The quantitative estimate of drug-likeness (QED) is 0.907. The molecule has 1 aromatic carbocycles. The van der Waals surface area contributed by atoms with Gasteiger partial charge < -0.3 is 10.6 Å². The molecule has 0 spiro atoms. The molecule has 2 unspecified atom stereocenters. The summed E-state index contributed by atoms with van der Waals surface area (Å²) >= 11 is 3.52. The predicted octanol–water partition coefficient (Wildman–Crippen LogP) is 2.39. The first-order chi connectivity index (χ1) is 9.75. The molecule has 2 N–H and O–H groups in total. The molecular formula is C16H24BrN3O. The third kappa shape index (κ3) is 3.15. The number of nitrogens with two attached hydrogens (primary N) is 1. The van der Waals surface area contributed by atoms with E-state index in [9.17, 15) is 4.79 Å². The molecule has 1 saturated heterocycles. The van der Waals surface area contributed by atoms with Gasteiger partial charge in [-0.2, -0.15) is 0 Å². The Hall–Kier alpha value is -0.910. The number of halogens is 1. The minimum Gasteiger partial charge on any atom is -0.343 e. The highest BCUT2D eigenvalue weighted by atomic mass is 79.9. The number of likely N-dealkylation sites (N-methyl/N-ethyl adjacent to an activating group) is 1. The smallest absolute Gasteiger partial charge is 0.242 e. The van der Waals surface area contributed by atoms with Crippen LogP contribution in [-0.2, 0) is 4.79 Å². The Labute approximate surface area is 135 Å². The molecule has 21 heavy (non-hydrogen) atoms. The molecule has 1 fully saturated rings. The van der Waals surface area contributed by atoms with Gasteiger partial charge in [0.05, 0.1) is 11.6 Å². The van der Waals surface area contributed by atoms with E-state index in [1.54, 1.807) is 4.90 Å². The zero-order valence-electron chi connectivity index (χ0n) is 13.1. The number of hydrogen-bond donors (Lipinski definition) is 1. The van der Waals surface area contributed by atoms with Crippen LogP contribution in [0, 0.1) is 0 Å². The van der Waals surface area contributed by atoms with E-state index >= 15 is 0 Å². The van der Waals surface area contributed by atoms with Crippen LogP contribution in [-0.4, -0.2) is 47.4 Å². The molecular weight excluding hydrogens is 330 g/mol. The van der Waals surface area contributed by atoms with Crippen LogP contribution < -0.4 is 5.73 Å². The summed E-state index contributed by atoms with van der Waals surface area (Å²) in [5, 5.41) is 0. The minimum atomic E-state index is -0.548. The van der Waals surface area contributed by atoms with E-state index in [1.807, 2.05) is 40.0 Å². The summed E-state index contributed by atoms with van der Waals surface area (Å²) in [5.74, 6) is 0.148. The molecule has 1 amide bonds. The predicted molar refractivity (Wildman–Crippen MR) is 89.0 cm³/mol. The summed E-state index contributed by atoms with van der Waals surface area (Å²) < 4.78 is 1.03. The second-order valence-electron chi connectivity index (χ2n) is 6.34. The third-order valence-electron chi connectivity index (χ3n) is 4.29. The largest absolute Gasteiger partial charge is 0.343 e. The van der Waals surface area contributed by atoms with E-state index in [4.69, 9.17) is 5.73 Å². The van der Waals surface area contributed by atoms with Crippen molar-refractivity contribution < 1.29 is 4.79 Å². The fourth-order valence-corrected chi connectivity index (χ4v) is 3.59. The molecule has 0 bridgehead atoms. The number of carbonyl (C=O) groups excluding carboxylic acids is 1. The van der Waals surface area contributed by atoms with Gasteiger partial charge in [-0.25, -0.2) is 0 Å². The lowest BCUT2D eigenvalue weighted by Gasteiger charge is -2.49. The lowest BCUT2D eigenvalue weighted by molar-refractivity contribution is -0.150. The third-order valence-corrected chi connectivity index (χ3v) is 4.78. The van der Waals surface area contributed by atoms with Gasteiger partial charge in [0.15, 0.2) is 0 Å². The first kappa shape index (κ1) is 16.5. The van der Waals surface area contributed by atoms with Gasteiger partial charge >= 0.3 is 0 Å². The van der Waals surface area contributed by atoms with Gasteiger partial charge in [0.2, 0.25) is 5.91 Å². The number of rotatable bonds is 3. The fourth-order valence-electron chi connectivity index (χ4n) is 3.17. The lowest BCUT2D eigenvalue weighted by atomic mass is 9.90. The highest BCUT2D eigenvalue weighted by Crippen LogP contribution is 2.34. The number of hydrogen-bond acceptors (Lipinski definition) is 3. The molecule has 5 heteroatoms. The SMILES string of the molecule is CC(N)C(c1cccc(Br)c1)N1CCN(C)C(=O)C1(C)C. The van der Waals surface area contributed by atoms with Crippen LogP contribution >= 0.6 is 15.9 Å². The molecule has 2 atom stereocenters. The maximum atomic E-state index is 12.5. The van der Waals surface area contributed by atoms with E-state index in [0.717, 1.165) is 23.1 Å². The zero-order chi connectivity index (χ0) is 15.8. The second kappa shape index (κ2) is 6.07. The molecule has 0 saturated carbocycles. The number of piperazine rings is 1. The van der Waals surface area contributed by atoms with Crippen molar-refractivity contribution in [1.29, 1.82) is 0 Å². The van der Waals surface area contributed by atoms with Crippen molar-refractivity contribution in [3.8, 4) is 0 Å². The van der Waals surface area contributed by atoms with Crippen molar-refractivity contribution in [3.05, 3.63) is 34.3 Å². The van der Waals surface area contributed by atoms with Gasteiger partial charge in [-0.05, 0) is 38.5 Å². The van der Waals surface area contributed by atoms with Crippen LogP contribution in [0.4, 0.5) is 0 Å². The molecule has 1 heterocycles. The van der Waals surface area contributed by atoms with Gasteiger partial charge in [0, 0.05) is 30.7 Å². The first-order valence-electron chi connectivity index (χ1n) is 7.28. The number of carbonyl (C=O) groups is 1. The maximum Gasteiger partial charge on any atom is 0.242 e. The van der Waals surface area contributed by atoms with Crippen LogP contribution in [0.5, 0.6) is 0 Å². The topological polar surface area (TPSA) is 49.6 Å². The van der Waals surface area contributed by atoms with Crippen LogP contribution in [0.3, 0.4) is 0 Å². The molecule has 0 aromatic heterocycles. The van der Waals surface area contributed by atoms with E-state index in [1.165, 1.54) is 0 Å². The van der Waals surface area contributed by atoms with Gasteiger partial charge in [0.25, 0.3) is 0 Å². The molecule has 0 aliphatic carbocycles. The van der Waals surface area contributed by atoms with Gasteiger partial charge in [-0.1, -0.05) is 28.1 Å². The summed E-state index contributed by atoms with van der Waals surface area (Å²) in [7, 11) is 1.86. The average molecular weight is 354 g/mol. The average Bonchev–Trinajstić information content (AvgIpc) is 2.39. The van der Waals surface area contributed by atoms with Crippen molar-refractivity contribution in [2.45, 2.75) is 38.4 Å². The van der Waals surface area contributed by atoms with Crippen LogP contribution in [0.1, 0.15) is 32.4 Å². The van der Waals surface area contributed by atoms with Gasteiger partial charge in [-0.3, -0.25) is 9.69 Å². The standard InChI is InChI=1S/C16H24BrN3O/c1-11(18)14(12-6-5-7-13(17)10-12)20-9-8-19(4)15(21)16(20,2)3/h5-7,10-11,14H,8-9,18H2,1-4H3. The molecule has 1 aliphatic rings. The second-order valence-corrected chi connectivity index (χ2v) is 7.25. The summed E-state index contributed by atoms with van der Waals surface area (Å²) in [6, 6.07) is 8.15. The summed E-state index contributed by atoms with van der Waals surface area (Å²) in [5.41, 5.74) is 6.86. The molecule has 2 rings (SSSR count). The minimum absolute atomic E-state index is 0.0233. The van der Waals surface area contributed by atoms with E-state index in [0.29, 0.717) is 0 Å². The molecule has 116 valence electrons. The van der Waals surface area contributed by atoms with E-state index < -0.39 is 5.54 Å². The van der Waals surface area contributed by atoms with Gasteiger partial charge in [-0.15, -0.1) is 0 Å². The Kier molecular flexibility index (Phi) is 4.76. The van der Waals surface area contributed by atoms with Crippen molar-refractivity contribution in [2.75, 3.05) is 20.1 Å². The zero-order valence-corrected chi connectivity index (χ0v) is 14.7. The fraction of sp³-hybridized carbons (Fsp3) is 0.562. The monoisotopic (exact) mass is 353 g/mol. The molecule has 1 aromatic rings. The molecule has 0 radical (unpaired) electrons.